The van der Waals surface area contributed by atoms with E-state index < -0.39 is 0 Å². The molecule has 0 aromatic carbocycles. The average molecular weight is 230 g/mol. The van der Waals surface area contributed by atoms with E-state index in [1.807, 2.05) is 19.0 Å². The third-order valence-corrected chi connectivity index (χ3v) is 2.93. The fraction of sp³-hybridized carbons (Fsp3) is 1.00. The number of hydrogen-bond acceptors (Lipinski definition) is 3. The van der Waals surface area contributed by atoms with Crippen molar-refractivity contribution in [3.05, 3.63) is 0 Å². The van der Waals surface area contributed by atoms with Crippen molar-refractivity contribution in [1.29, 1.82) is 0 Å². The zero-order valence-corrected chi connectivity index (χ0v) is 11.5. The number of aliphatic hydroxyl groups excluding tert-OH is 1. The Labute approximate surface area is 101 Å². The first-order chi connectivity index (χ1) is 7.60. The van der Waals surface area contributed by atoms with Crippen molar-refractivity contribution in [1.82, 2.24) is 10.2 Å². The van der Waals surface area contributed by atoms with E-state index >= 15 is 0 Å². The van der Waals surface area contributed by atoms with E-state index in [2.05, 4.69) is 19.2 Å². The number of rotatable bonds is 10. The van der Waals surface area contributed by atoms with Crippen molar-refractivity contribution in [3.8, 4) is 0 Å². The maximum atomic E-state index is 9.68. The summed E-state index contributed by atoms with van der Waals surface area (Å²) in [6.07, 6.45) is 4.89. The van der Waals surface area contributed by atoms with Crippen molar-refractivity contribution in [2.45, 2.75) is 45.6 Å². The number of hydrogen-bond donors (Lipinski definition) is 2. The van der Waals surface area contributed by atoms with Crippen LogP contribution < -0.4 is 5.32 Å². The molecule has 3 heteroatoms. The Morgan fingerprint density at radius 3 is 2.38 bits per heavy atom. The van der Waals surface area contributed by atoms with Crippen LogP contribution in [0.1, 0.15) is 39.5 Å². The van der Waals surface area contributed by atoms with Gasteiger partial charge in [0.1, 0.15) is 0 Å². The minimum Gasteiger partial charge on any atom is -0.390 e. The number of nitrogens with one attached hydrogen (secondary N) is 1. The largest absolute Gasteiger partial charge is 0.390 e. The van der Waals surface area contributed by atoms with Gasteiger partial charge in [-0.05, 0) is 33.0 Å². The molecule has 0 bridgehead atoms. The molecule has 0 fully saturated rings. The molecule has 0 aromatic heterocycles. The van der Waals surface area contributed by atoms with Crippen LogP contribution >= 0.6 is 0 Å². The van der Waals surface area contributed by atoms with Gasteiger partial charge in [0.2, 0.25) is 0 Å². The zero-order chi connectivity index (χ0) is 12.4. The Bertz CT molecular complexity index is 151. The smallest absolute Gasteiger partial charge is 0.0791 e. The predicted molar refractivity (Wildman–Crippen MR) is 70.7 cm³/mol. The molecule has 16 heavy (non-hydrogen) atoms. The van der Waals surface area contributed by atoms with Gasteiger partial charge in [0.05, 0.1) is 6.10 Å². The lowest BCUT2D eigenvalue weighted by Gasteiger charge is -2.19. The monoisotopic (exact) mass is 230 g/mol. The molecule has 2 unspecified atom stereocenters. The standard InChI is InChI=1S/C13H30N2O/c1-5-7-8-12(6-2)9-14-10-13(16)11-15(3)4/h12-14,16H,5-11H2,1-4H3. The first-order valence-corrected chi connectivity index (χ1v) is 6.63. The average Bonchev–Trinajstić information content (AvgIpc) is 2.22. The van der Waals surface area contributed by atoms with Crippen molar-refractivity contribution >= 4 is 0 Å². The molecule has 0 rings (SSSR count). The third-order valence-electron chi connectivity index (χ3n) is 2.93. The van der Waals surface area contributed by atoms with Gasteiger partial charge in [-0.2, -0.15) is 0 Å². The third kappa shape index (κ3) is 9.13. The van der Waals surface area contributed by atoms with Gasteiger partial charge in [-0.25, -0.2) is 0 Å². The highest BCUT2D eigenvalue weighted by Gasteiger charge is 2.08. The lowest BCUT2D eigenvalue weighted by atomic mass is 9.99. The number of unbranched alkanes of at least 4 members (excludes halogenated alkanes) is 1. The van der Waals surface area contributed by atoms with Crippen molar-refractivity contribution in [2.75, 3.05) is 33.7 Å². The lowest BCUT2D eigenvalue weighted by molar-refractivity contribution is 0.133. The number of likely N-dealkylation sites (N-methyl/N-ethyl adjacent to an activating group) is 1. The van der Waals surface area contributed by atoms with Crippen LogP contribution in [0.15, 0.2) is 0 Å². The van der Waals surface area contributed by atoms with E-state index in [0.717, 1.165) is 19.0 Å². The summed E-state index contributed by atoms with van der Waals surface area (Å²) in [5, 5.41) is 13.1. The molecule has 0 aromatic rings. The van der Waals surface area contributed by atoms with Gasteiger partial charge in [0, 0.05) is 13.1 Å². The van der Waals surface area contributed by atoms with Crippen molar-refractivity contribution < 1.29 is 5.11 Å². The summed E-state index contributed by atoms with van der Waals surface area (Å²) in [4.78, 5) is 2.01. The van der Waals surface area contributed by atoms with E-state index in [0.29, 0.717) is 6.54 Å². The molecule has 0 saturated heterocycles. The maximum Gasteiger partial charge on any atom is 0.0791 e. The molecular formula is C13H30N2O. The molecule has 0 radical (unpaired) electrons. The molecule has 0 heterocycles. The Morgan fingerprint density at radius 2 is 1.88 bits per heavy atom. The second kappa shape index (κ2) is 10.1. The maximum absolute atomic E-state index is 9.68. The van der Waals surface area contributed by atoms with Crippen LogP contribution in [0, 0.1) is 5.92 Å². The van der Waals surface area contributed by atoms with E-state index in [9.17, 15) is 5.11 Å². The first-order valence-electron chi connectivity index (χ1n) is 6.63. The fourth-order valence-electron chi connectivity index (χ4n) is 1.88. The minimum absolute atomic E-state index is 0.251. The Kier molecular flexibility index (Phi) is 9.99. The summed E-state index contributed by atoms with van der Waals surface area (Å²) in [7, 11) is 3.97. The van der Waals surface area contributed by atoms with Crippen molar-refractivity contribution in [2.24, 2.45) is 5.92 Å². The van der Waals surface area contributed by atoms with E-state index in [-0.39, 0.29) is 6.10 Å². The molecular weight excluding hydrogens is 200 g/mol. The van der Waals surface area contributed by atoms with Gasteiger partial charge in [-0.15, -0.1) is 0 Å². The second-order valence-electron chi connectivity index (χ2n) is 4.99. The summed E-state index contributed by atoms with van der Waals surface area (Å²) in [6.45, 7) is 6.97. The van der Waals surface area contributed by atoms with Crippen LogP contribution in [0.5, 0.6) is 0 Å². The zero-order valence-electron chi connectivity index (χ0n) is 11.5. The van der Waals surface area contributed by atoms with Gasteiger partial charge < -0.3 is 15.3 Å². The van der Waals surface area contributed by atoms with Gasteiger partial charge in [-0.3, -0.25) is 0 Å². The van der Waals surface area contributed by atoms with Crippen LogP contribution in [0.3, 0.4) is 0 Å². The van der Waals surface area contributed by atoms with E-state index in [4.69, 9.17) is 0 Å². The minimum atomic E-state index is -0.251. The number of nitrogens with zero attached hydrogens (tertiary/aromatic N) is 1. The van der Waals surface area contributed by atoms with Gasteiger partial charge in [0.25, 0.3) is 0 Å². The molecule has 0 amide bonds. The Hall–Kier alpha value is -0.120. The van der Waals surface area contributed by atoms with Gasteiger partial charge in [0.15, 0.2) is 0 Å². The first kappa shape index (κ1) is 15.9. The molecule has 0 spiro atoms. The second-order valence-corrected chi connectivity index (χ2v) is 4.99. The highest BCUT2D eigenvalue weighted by atomic mass is 16.3. The van der Waals surface area contributed by atoms with Gasteiger partial charge in [-0.1, -0.05) is 33.1 Å². The van der Waals surface area contributed by atoms with Crippen LogP contribution in [0.25, 0.3) is 0 Å². The quantitative estimate of drug-likeness (QED) is 0.600. The molecule has 0 aliphatic rings. The lowest BCUT2D eigenvalue weighted by Crippen LogP contribution is -2.36. The molecule has 0 saturated carbocycles. The van der Waals surface area contributed by atoms with Crippen molar-refractivity contribution in [3.63, 3.8) is 0 Å². The molecule has 98 valence electrons. The predicted octanol–water partition coefficient (Wildman–Crippen LogP) is 1.71. The highest BCUT2D eigenvalue weighted by Crippen LogP contribution is 2.10. The topological polar surface area (TPSA) is 35.5 Å². The summed E-state index contributed by atoms with van der Waals surface area (Å²) in [5.41, 5.74) is 0. The molecule has 3 nitrogen and oxygen atoms in total. The number of aliphatic hydroxyl groups is 1. The summed E-state index contributed by atoms with van der Waals surface area (Å²) in [5.74, 6) is 0.770. The van der Waals surface area contributed by atoms with Gasteiger partial charge >= 0.3 is 0 Å². The van der Waals surface area contributed by atoms with Crippen LogP contribution in [-0.2, 0) is 0 Å². The normalized spacial score (nSPS) is 15.4. The Balaban J connectivity index is 3.53. The summed E-state index contributed by atoms with van der Waals surface area (Å²) < 4.78 is 0. The highest BCUT2D eigenvalue weighted by molar-refractivity contribution is 4.66. The Morgan fingerprint density at radius 1 is 1.19 bits per heavy atom. The van der Waals surface area contributed by atoms with E-state index in [1.165, 1.54) is 25.7 Å². The molecule has 2 N–H and O–H groups in total. The van der Waals surface area contributed by atoms with Crippen LogP contribution in [0.2, 0.25) is 0 Å². The SMILES string of the molecule is CCCCC(CC)CNCC(O)CN(C)C. The molecule has 0 aliphatic carbocycles. The van der Waals surface area contributed by atoms with E-state index in [1.54, 1.807) is 0 Å². The van der Waals surface area contributed by atoms with Crippen LogP contribution in [0.4, 0.5) is 0 Å². The fourth-order valence-corrected chi connectivity index (χ4v) is 1.88. The molecule has 2 atom stereocenters. The van der Waals surface area contributed by atoms with Crippen LogP contribution in [-0.4, -0.2) is 49.8 Å². The summed E-state index contributed by atoms with van der Waals surface area (Å²) in [6, 6.07) is 0. The summed E-state index contributed by atoms with van der Waals surface area (Å²) >= 11 is 0. The molecule has 0 aliphatic heterocycles.